The minimum Gasteiger partial charge on any atom is -0.344 e. The molecule has 140 valence electrons. The summed E-state index contributed by atoms with van der Waals surface area (Å²) >= 11 is 0. The maximum absolute atomic E-state index is 12.6. The lowest BCUT2D eigenvalue weighted by molar-refractivity contribution is -0.170. The van der Waals surface area contributed by atoms with Crippen molar-refractivity contribution in [2.45, 2.75) is 38.5 Å². The predicted molar refractivity (Wildman–Crippen MR) is 90.4 cm³/mol. The Kier molecular flexibility index (Phi) is 7.69. The molecule has 1 aromatic rings. The van der Waals surface area contributed by atoms with Crippen LogP contribution in [-0.2, 0) is 16.1 Å². The van der Waals surface area contributed by atoms with Gasteiger partial charge in [0.1, 0.15) is 12.0 Å². The molecule has 0 spiro atoms. The largest absolute Gasteiger partial charge is 0.408 e. The van der Waals surface area contributed by atoms with E-state index in [0.29, 0.717) is 12.2 Å². The van der Waals surface area contributed by atoms with Crippen LogP contribution in [0.3, 0.4) is 0 Å². The smallest absolute Gasteiger partial charge is 0.344 e. The number of rotatable bonds is 5. The summed E-state index contributed by atoms with van der Waals surface area (Å²) in [7, 11) is 0. The van der Waals surface area contributed by atoms with Crippen LogP contribution >= 0.6 is 12.4 Å². The van der Waals surface area contributed by atoms with Gasteiger partial charge < -0.3 is 16.0 Å². The zero-order valence-electron chi connectivity index (χ0n) is 13.7. The van der Waals surface area contributed by atoms with Crippen LogP contribution in [0.4, 0.5) is 18.9 Å². The molecule has 1 saturated heterocycles. The molecule has 0 aliphatic carbocycles. The first-order chi connectivity index (χ1) is 11.3. The summed E-state index contributed by atoms with van der Waals surface area (Å²) in [6, 6.07) is 5.21. The highest BCUT2D eigenvalue weighted by Gasteiger charge is 2.45. The van der Waals surface area contributed by atoms with E-state index in [0.717, 1.165) is 12.1 Å². The van der Waals surface area contributed by atoms with Gasteiger partial charge in [-0.3, -0.25) is 9.59 Å². The molecule has 0 aromatic heterocycles. The topological polar surface area (TPSA) is 70.2 Å². The molecule has 1 aliphatic rings. The summed E-state index contributed by atoms with van der Waals surface area (Å²) in [6.45, 7) is 3.41. The summed E-state index contributed by atoms with van der Waals surface area (Å²) in [6.07, 6.45) is -4.91. The molecule has 2 rings (SSSR count). The van der Waals surface area contributed by atoms with Crippen LogP contribution in [0, 0.1) is 5.92 Å². The number of anilines is 1. The van der Waals surface area contributed by atoms with Gasteiger partial charge in [0.15, 0.2) is 0 Å². The van der Waals surface area contributed by atoms with Gasteiger partial charge in [-0.2, -0.15) is 13.2 Å². The number of alkyl halides is 3. The Morgan fingerprint density at radius 3 is 2.64 bits per heavy atom. The molecule has 0 saturated carbocycles. The van der Waals surface area contributed by atoms with Gasteiger partial charge in [-0.25, -0.2) is 0 Å². The molecule has 1 aromatic carbocycles. The predicted octanol–water partition coefficient (Wildman–Crippen LogP) is 2.61. The average molecular weight is 380 g/mol. The van der Waals surface area contributed by atoms with E-state index < -0.39 is 30.0 Å². The van der Waals surface area contributed by atoms with Gasteiger partial charge in [-0.1, -0.05) is 19.1 Å². The molecule has 3 N–H and O–H groups in total. The maximum Gasteiger partial charge on any atom is 0.408 e. The molecule has 1 heterocycles. The molecular weight excluding hydrogens is 359 g/mol. The van der Waals surface area contributed by atoms with E-state index >= 15 is 0 Å². The highest BCUT2D eigenvalue weighted by Crippen LogP contribution is 2.29. The molecule has 1 fully saturated rings. The first kappa shape index (κ1) is 21.2. The van der Waals surface area contributed by atoms with Crippen LogP contribution < -0.4 is 16.0 Å². The molecule has 0 radical (unpaired) electrons. The van der Waals surface area contributed by atoms with Crippen LogP contribution in [0.1, 0.15) is 25.3 Å². The second kappa shape index (κ2) is 9.05. The molecule has 2 amide bonds. The van der Waals surface area contributed by atoms with Crippen LogP contribution in [-0.4, -0.2) is 30.6 Å². The highest BCUT2D eigenvalue weighted by molar-refractivity contribution is 6.06. The number of hydrogen-bond donors (Lipinski definition) is 3. The van der Waals surface area contributed by atoms with E-state index in [1.165, 1.54) is 0 Å². The van der Waals surface area contributed by atoms with Crippen LogP contribution in [0.15, 0.2) is 24.3 Å². The normalized spacial score (nSPS) is 20.4. The van der Waals surface area contributed by atoms with Crippen molar-refractivity contribution in [2.75, 3.05) is 11.9 Å². The fraction of sp³-hybridized carbons (Fsp3) is 0.500. The zero-order valence-corrected chi connectivity index (χ0v) is 14.5. The Labute approximate surface area is 150 Å². The minimum atomic E-state index is -4.49. The lowest BCUT2D eigenvalue weighted by atomic mass is 9.92. The van der Waals surface area contributed by atoms with Gasteiger partial charge >= 0.3 is 6.18 Å². The summed E-state index contributed by atoms with van der Waals surface area (Å²) in [5.41, 5.74) is 1.47. The van der Waals surface area contributed by atoms with E-state index in [4.69, 9.17) is 0 Å². The maximum atomic E-state index is 12.6. The Hall–Kier alpha value is -1.80. The summed E-state index contributed by atoms with van der Waals surface area (Å²) < 4.78 is 37.8. The number of benzene rings is 1. The third-order valence-electron chi connectivity index (χ3n) is 3.86. The van der Waals surface area contributed by atoms with Gasteiger partial charge in [0.05, 0.1) is 0 Å². The molecule has 2 atom stereocenters. The van der Waals surface area contributed by atoms with Gasteiger partial charge in [-0.05, 0) is 37.1 Å². The van der Waals surface area contributed by atoms with Crippen LogP contribution in [0.2, 0.25) is 0 Å². The minimum absolute atomic E-state index is 0. The van der Waals surface area contributed by atoms with Gasteiger partial charge in [0.25, 0.3) is 0 Å². The SMILES string of the molecule is CCNCc1cccc(NC(=O)C2CCC(C(F)(F)F)NC2=O)c1.Cl. The van der Waals surface area contributed by atoms with Gasteiger partial charge in [0, 0.05) is 12.2 Å². The van der Waals surface area contributed by atoms with Crippen molar-refractivity contribution in [1.29, 1.82) is 0 Å². The van der Waals surface area contributed by atoms with Gasteiger partial charge in [-0.15, -0.1) is 12.4 Å². The highest BCUT2D eigenvalue weighted by atomic mass is 35.5. The first-order valence-electron chi connectivity index (χ1n) is 7.79. The van der Waals surface area contributed by atoms with E-state index in [9.17, 15) is 22.8 Å². The molecular formula is C16H21ClF3N3O2. The molecule has 9 heteroatoms. The van der Waals surface area contributed by atoms with E-state index in [1.807, 2.05) is 18.3 Å². The Morgan fingerprint density at radius 1 is 1.32 bits per heavy atom. The Bertz CT molecular complexity index is 611. The molecule has 1 aliphatic heterocycles. The van der Waals surface area contributed by atoms with Crippen molar-refractivity contribution in [1.82, 2.24) is 10.6 Å². The van der Waals surface area contributed by atoms with Crippen LogP contribution in [0.25, 0.3) is 0 Å². The second-order valence-corrected chi connectivity index (χ2v) is 5.70. The molecule has 5 nitrogen and oxygen atoms in total. The fourth-order valence-electron chi connectivity index (χ4n) is 2.56. The number of hydrogen-bond acceptors (Lipinski definition) is 3. The zero-order chi connectivity index (χ0) is 17.7. The van der Waals surface area contributed by atoms with Crippen LogP contribution in [0.5, 0.6) is 0 Å². The van der Waals surface area contributed by atoms with E-state index in [2.05, 4.69) is 10.6 Å². The standard InChI is InChI=1S/C16H20F3N3O2.ClH/c1-2-20-9-10-4-3-5-11(8-10)21-14(23)12-6-7-13(16(17,18)19)22-15(12)24;/h3-5,8,12-13,20H,2,6-7,9H2,1H3,(H,21,23)(H,22,24);1H. The van der Waals surface area contributed by atoms with E-state index in [-0.39, 0.29) is 25.2 Å². The first-order valence-corrected chi connectivity index (χ1v) is 7.79. The van der Waals surface area contributed by atoms with E-state index in [1.54, 1.807) is 18.2 Å². The summed E-state index contributed by atoms with van der Waals surface area (Å²) in [5.74, 6) is -2.58. The monoisotopic (exact) mass is 379 g/mol. The molecule has 0 bridgehead atoms. The van der Waals surface area contributed by atoms with Crippen molar-refractivity contribution < 1.29 is 22.8 Å². The number of nitrogens with one attached hydrogen (secondary N) is 3. The van der Waals surface area contributed by atoms with Crippen molar-refractivity contribution >= 4 is 29.9 Å². The summed E-state index contributed by atoms with van der Waals surface area (Å²) in [5, 5.41) is 7.63. The Morgan fingerprint density at radius 2 is 2.04 bits per heavy atom. The van der Waals surface area contributed by atoms with Crippen molar-refractivity contribution in [3.05, 3.63) is 29.8 Å². The number of carbonyl (C=O) groups excluding carboxylic acids is 2. The van der Waals surface area contributed by atoms with Crippen molar-refractivity contribution in [3.63, 3.8) is 0 Å². The lowest BCUT2D eigenvalue weighted by Gasteiger charge is -2.29. The third kappa shape index (κ3) is 5.89. The number of carbonyl (C=O) groups is 2. The number of amides is 2. The fourth-order valence-corrected chi connectivity index (χ4v) is 2.56. The Balaban J connectivity index is 0.00000312. The molecule has 2 unspecified atom stereocenters. The average Bonchev–Trinajstić information content (AvgIpc) is 2.52. The number of piperidine rings is 1. The lowest BCUT2D eigenvalue weighted by Crippen LogP contribution is -2.53. The summed E-state index contributed by atoms with van der Waals surface area (Å²) in [4.78, 5) is 24.0. The van der Waals surface area contributed by atoms with Crippen molar-refractivity contribution in [2.24, 2.45) is 5.92 Å². The van der Waals surface area contributed by atoms with Crippen molar-refractivity contribution in [3.8, 4) is 0 Å². The second-order valence-electron chi connectivity index (χ2n) is 5.70. The van der Waals surface area contributed by atoms with Gasteiger partial charge in [0.2, 0.25) is 11.8 Å². The quantitative estimate of drug-likeness (QED) is 0.689. The third-order valence-corrected chi connectivity index (χ3v) is 3.86. The number of halogens is 4. The molecule has 25 heavy (non-hydrogen) atoms.